The minimum absolute atomic E-state index is 0.708. The summed E-state index contributed by atoms with van der Waals surface area (Å²) in [5, 5.41) is 8.48. The Morgan fingerprint density at radius 3 is 2.89 bits per heavy atom. The van der Waals surface area contributed by atoms with Crippen molar-refractivity contribution in [3.05, 3.63) is 45.1 Å². The molecule has 2 rings (SSSR count). The molecule has 0 spiro atoms. The van der Waals surface area contributed by atoms with Crippen LogP contribution >= 0.6 is 27.5 Å². The van der Waals surface area contributed by atoms with E-state index in [9.17, 15) is 0 Å². The highest BCUT2D eigenvalue weighted by molar-refractivity contribution is 9.10. The van der Waals surface area contributed by atoms with E-state index in [1.807, 2.05) is 29.9 Å². The van der Waals surface area contributed by atoms with Gasteiger partial charge in [0.05, 0.1) is 33.1 Å². The molecule has 0 atom stereocenters. The third-order valence-corrected chi connectivity index (χ3v) is 4.20. The van der Waals surface area contributed by atoms with Crippen LogP contribution in [0.5, 0.6) is 0 Å². The first-order chi connectivity index (χ1) is 8.61. The second-order valence-electron chi connectivity index (χ2n) is 4.06. The standard InChI is InChI=1S/C13H15BrClN3/c1-3-9-7-10(18(2)17-9)8-16-12-6-4-5-11(15)13(12)14/h4-7,16H,3,8H2,1-2H3. The molecule has 1 heterocycles. The van der Waals surface area contributed by atoms with Crippen molar-refractivity contribution in [1.82, 2.24) is 9.78 Å². The van der Waals surface area contributed by atoms with Crippen LogP contribution in [0.4, 0.5) is 5.69 Å². The van der Waals surface area contributed by atoms with E-state index < -0.39 is 0 Å². The first kappa shape index (κ1) is 13.4. The molecule has 0 fully saturated rings. The van der Waals surface area contributed by atoms with Crippen LogP contribution in [0.25, 0.3) is 0 Å². The second-order valence-corrected chi connectivity index (χ2v) is 5.26. The highest BCUT2D eigenvalue weighted by Gasteiger charge is 2.06. The van der Waals surface area contributed by atoms with Crippen molar-refractivity contribution in [1.29, 1.82) is 0 Å². The van der Waals surface area contributed by atoms with E-state index in [1.54, 1.807) is 0 Å². The summed E-state index contributed by atoms with van der Waals surface area (Å²) in [4.78, 5) is 0. The van der Waals surface area contributed by atoms with E-state index in [4.69, 9.17) is 11.6 Å². The fourth-order valence-electron chi connectivity index (χ4n) is 1.74. The molecule has 1 aromatic heterocycles. The van der Waals surface area contributed by atoms with Crippen molar-refractivity contribution in [3.63, 3.8) is 0 Å². The Bertz CT molecular complexity index is 551. The van der Waals surface area contributed by atoms with Crippen LogP contribution in [0, 0.1) is 0 Å². The predicted octanol–water partition coefficient (Wildman–Crippen LogP) is 4.01. The second kappa shape index (κ2) is 5.76. The zero-order valence-corrected chi connectivity index (χ0v) is 12.7. The Hall–Kier alpha value is -1.00. The fourth-order valence-corrected chi connectivity index (χ4v) is 2.31. The van der Waals surface area contributed by atoms with Gasteiger partial charge in [0.2, 0.25) is 0 Å². The van der Waals surface area contributed by atoms with E-state index in [0.29, 0.717) is 5.02 Å². The minimum atomic E-state index is 0.708. The number of aryl methyl sites for hydroxylation is 2. The predicted molar refractivity (Wildman–Crippen MR) is 79.1 cm³/mol. The SMILES string of the molecule is CCc1cc(CNc2cccc(Cl)c2Br)n(C)n1. The topological polar surface area (TPSA) is 29.9 Å². The summed E-state index contributed by atoms with van der Waals surface area (Å²) in [7, 11) is 1.96. The van der Waals surface area contributed by atoms with Crippen molar-refractivity contribution < 1.29 is 0 Å². The van der Waals surface area contributed by atoms with Crippen molar-refractivity contribution in [2.24, 2.45) is 7.05 Å². The van der Waals surface area contributed by atoms with Gasteiger partial charge in [-0.15, -0.1) is 0 Å². The summed E-state index contributed by atoms with van der Waals surface area (Å²) in [6, 6.07) is 7.89. The molecular formula is C13H15BrClN3. The molecule has 0 bridgehead atoms. The number of aromatic nitrogens is 2. The van der Waals surface area contributed by atoms with E-state index in [2.05, 4.69) is 39.3 Å². The molecule has 0 amide bonds. The molecule has 0 aliphatic heterocycles. The van der Waals surface area contributed by atoms with E-state index >= 15 is 0 Å². The molecule has 0 saturated carbocycles. The monoisotopic (exact) mass is 327 g/mol. The van der Waals surface area contributed by atoms with Crippen LogP contribution < -0.4 is 5.32 Å². The van der Waals surface area contributed by atoms with Gasteiger partial charge in [0, 0.05) is 7.05 Å². The van der Waals surface area contributed by atoms with Crippen LogP contribution in [-0.2, 0) is 20.0 Å². The Morgan fingerprint density at radius 2 is 2.22 bits per heavy atom. The van der Waals surface area contributed by atoms with E-state index in [1.165, 1.54) is 0 Å². The van der Waals surface area contributed by atoms with Gasteiger partial charge in [-0.1, -0.05) is 24.6 Å². The van der Waals surface area contributed by atoms with Gasteiger partial charge in [-0.3, -0.25) is 4.68 Å². The first-order valence-electron chi connectivity index (χ1n) is 5.81. The molecule has 96 valence electrons. The molecule has 2 aromatic rings. The number of hydrogen-bond donors (Lipinski definition) is 1. The Morgan fingerprint density at radius 1 is 1.44 bits per heavy atom. The lowest BCUT2D eigenvalue weighted by Crippen LogP contribution is -2.05. The number of rotatable bonds is 4. The quantitative estimate of drug-likeness (QED) is 0.919. The normalized spacial score (nSPS) is 10.7. The lowest BCUT2D eigenvalue weighted by molar-refractivity contribution is 0.707. The number of halogens is 2. The zero-order chi connectivity index (χ0) is 13.1. The minimum Gasteiger partial charge on any atom is -0.378 e. The number of hydrogen-bond acceptors (Lipinski definition) is 2. The zero-order valence-electron chi connectivity index (χ0n) is 10.4. The molecule has 0 aliphatic carbocycles. The fraction of sp³-hybridized carbons (Fsp3) is 0.308. The Kier molecular flexibility index (Phi) is 4.30. The highest BCUT2D eigenvalue weighted by atomic mass is 79.9. The van der Waals surface area contributed by atoms with Gasteiger partial charge in [-0.2, -0.15) is 5.10 Å². The van der Waals surface area contributed by atoms with E-state index in [0.717, 1.165) is 34.5 Å². The molecule has 0 saturated heterocycles. The average molecular weight is 329 g/mol. The van der Waals surface area contributed by atoms with Crippen LogP contribution in [0.1, 0.15) is 18.3 Å². The van der Waals surface area contributed by atoms with Gasteiger partial charge in [-0.25, -0.2) is 0 Å². The number of nitrogens with zero attached hydrogens (tertiary/aromatic N) is 2. The number of anilines is 1. The largest absolute Gasteiger partial charge is 0.378 e. The first-order valence-corrected chi connectivity index (χ1v) is 6.98. The lowest BCUT2D eigenvalue weighted by Gasteiger charge is -2.09. The van der Waals surface area contributed by atoms with Gasteiger partial charge in [0.25, 0.3) is 0 Å². The Balaban J connectivity index is 2.11. The maximum atomic E-state index is 6.05. The molecule has 5 heteroatoms. The third kappa shape index (κ3) is 2.87. The maximum absolute atomic E-state index is 6.05. The Labute approximate surface area is 120 Å². The number of nitrogens with one attached hydrogen (secondary N) is 1. The van der Waals surface area contributed by atoms with Crippen molar-refractivity contribution in [3.8, 4) is 0 Å². The smallest absolute Gasteiger partial charge is 0.0625 e. The van der Waals surface area contributed by atoms with Crippen molar-refractivity contribution in [2.45, 2.75) is 19.9 Å². The van der Waals surface area contributed by atoms with Crippen molar-refractivity contribution >= 4 is 33.2 Å². The van der Waals surface area contributed by atoms with Crippen LogP contribution in [-0.4, -0.2) is 9.78 Å². The summed E-state index contributed by atoms with van der Waals surface area (Å²) in [6.07, 6.45) is 0.953. The molecule has 1 N–H and O–H groups in total. The third-order valence-electron chi connectivity index (χ3n) is 2.80. The van der Waals surface area contributed by atoms with Gasteiger partial charge < -0.3 is 5.32 Å². The highest BCUT2D eigenvalue weighted by Crippen LogP contribution is 2.30. The van der Waals surface area contributed by atoms with Crippen LogP contribution in [0.15, 0.2) is 28.7 Å². The average Bonchev–Trinajstić information content (AvgIpc) is 2.72. The van der Waals surface area contributed by atoms with Crippen molar-refractivity contribution in [2.75, 3.05) is 5.32 Å². The van der Waals surface area contributed by atoms with Gasteiger partial charge in [0.15, 0.2) is 0 Å². The van der Waals surface area contributed by atoms with Gasteiger partial charge in [0.1, 0.15) is 0 Å². The molecular weight excluding hydrogens is 314 g/mol. The summed E-state index contributed by atoms with van der Waals surface area (Å²) in [6.45, 7) is 2.83. The summed E-state index contributed by atoms with van der Waals surface area (Å²) in [5.41, 5.74) is 3.25. The molecule has 0 radical (unpaired) electrons. The molecule has 3 nitrogen and oxygen atoms in total. The molecule has 0 unspecified atom stereocenters. The maximum Gasteiger partial charge on any atom is 0.0625 e. The van der Waals surface area contributed by atoms with Crippen LogP contribution in [0.3, 0.4) is 0 Å². The number of benzene rings is 1. The van der Waals surface area contributed by atoms with Gasteiger partial charge in [-0.05, 0) is 40.5 Å². The summed E-state index contributed by atoms with van der Waals surface area (Å²) < 4.78 is 2.80. The molecule has 18 heavy (non-hydrogen) atoms. The van der Waals surface area contributed by atoms with Gasteiger partial charge >= 0.3 is 0 Å². The van der Waals surface area contributed by atoms with Crippen LogP contribution in [0.2, 0.25) is 5.02 Å². The molecule has 0 aliphatic rings. The lowest BCUT2D eigenvalue weighted by atomic mass is 10.3. The van der Waals surface area contributed by atoms with E-state index in [-0.39, 0.29) is 0 Å². The summed E-state index contributed by atoms with van der Waals surface area (Å²) >= 11 is 9.52. The molecule has 1 aromatic carbocycles. The summed E-state index contributed by atoms with van der Waals surface area (Å²) in [5.74, 6) is 0.